The molecule has 2 saturated heterocycles. The Labute approximate surface area is 446 Å². The van der Waals surface area contributed by atoms with Crippen LogP contribution in [0.5, 0.6) is 0 Å². The van der Waals surface area contributed by atoms with Crippen LogP contribution in [-0.2, 0) is 28.5 Å². The number of hydrogen-bond acceptors (Lipinski definition) is 15. The molecule has 0 saturated carbocycles. The molecule has 11 N–H and O–H groups in total. The molecule has 0 bridgehead atoms. The smallest absolute Gasteiger partial charge is 0.249 e. The molecular weight excluding hydrogens is 953 g/mol. The highest BCUT2D eigenvalue weighted by Crippen LogP contribution is 2.30. The van der Waals surface area contributed by atoms with Crippen molar-refractivity contribution in [2.75, 3.05) is 19.8 Å². The summed E-state index contributed by atoms with van der Waals surface area (Å²) in [5.74, 6) is -0.575. The molecule has 0 aliphatic carbocycles. The third-order valence-electron chi connectivity index (χ3n) is 15.5. The second-order valence-electron chi connectivity index (χ2n) is 22.0. The Balaban J connectivity index is 1.90. The summed E-state index contributed by atoms with van der Waals surface area (Å²) in [6, 6.07) is -2.67. The molecule has 2 heterocycles. The van der Waals surface area contributed by atoms with Gasteiger partial charge in [-0.05, 0) is 18.8 Å². The second-order valence-corrected chi connectivity index (χ2v) is 22.0. The summed E-state index contributed by atoms with van der Waals surface area (Å²) in [5.41, 5.74) is 0. The number of ether oxygens (including phenoxy) is 4. The topological polar surface area (TPSA) is 277 Å². The highest BCUT2D eigenvalue weighted by Gasteiger charge is 2.51. The third kappa shape index (κ3) is 28.3. The fourth-order valence-electron chi connectivity index (χ4n) is 10.3. The number of nitrogens with one attached hydrogen (secondary N) is 2. The van der Waals surface area contributed by atoms with Gasteiger partial charge < -0.3 is 75.5 Å². The highest BCUT2D eigenvalue weighted by atomic mass is 16.7. The summed E-state index contributed by atoms with van der Waals surface area (Å²) >= 11 is 0. The van der Waals surface area contributed by atoms with E-state index in [9.17, 15) is 55.5 Å². The van der Waals surface area contributed by atoms with Gasteiger partial charge in [0, 0.05) is 6.92 Å². The van der Waals surface area contributed by atoms with Crippen LogP contribution in [0.15, 0.2) is 0 Å². The second kappa shape index (κ2) is 42.4. The van der Waals surface area contributed by atoms with Crippen LogP contribution in [0.2, 0.25) is 0 Å². The van der Waals surface area contributed by atoms with E-state index in [0.29, 0.717) is 12.8 Å². The fraction of sp³-hybridized carbons (Fsp3) is 0.965. The lowest BCUT2D eigenvalue weighted by molar-refractivity contribution is -0.347. The molecule has 15 atom stereocenters. The molecule has 438 valence electrons. The van der Waals surface area contributed by atoms with Crippen molar-refractivity contribution in [2.24, 2.45) is 5.92 Å². The van der Waals surface area contributed by atoms with E-state index in [1.54, 1.807) is 0 Å². The van der Waals surface area contributed by atoms with Gasteiger partial charge in [-0.15, -0.1) is 0 Å². The first kappa shape index (κ1) is 68.5. The Morgan fingerprint density at radius 2 is 0.973 bits per heavy atom. The van der Waals surface area contributed by atoms with Gasteiger partial charge in [0.25, 0.3) is 0 Å². The van der Waals surface area contributed by atoms with Gasteiger partial charge in [-0.1, -0.05) is 220 Å². The van der Waals surface area contributed by atoms with E-state index >= 15 is 0 Å². The van der Waals surface area contributed by atoms with Crippen molar-refractivity contribution < 1.29 is 74.5 Å². The Hall–Kier alpha value is -1.58. The predicted molar refractivity (Wildman–Crippen MR) is 287 cm³/mol. The van der Waals surface area contributed by atoms with Crippen LogP contribution in [0.1, 0.15) is 240 Å². The first-order valence-electron chi connectivity index (χ1n) is 29.8. The highest BCUT2D eigenvalue weighted by molar-refractivity contribution is 5.80. The summed E-state index contributed by atoms with van der Waals surface area (Å²) in [6.45, 7) is 5.92. The van der Waals surface area contributed by atoms with Crippen molar-refractivity contribution in [1.29, 1.82) is 0 Å². The Kier molecular flexibility index (Phi) is 39.2. The molecule has 2 amide bonds. The van der Waals surface area contributed by atoms with E-state index in [-0.39, 0.29) is 12.8 Å². The Morgan fingerprint density at radius 3 is 1.42 bits per heavy atom. The van der Waals surface area contributed by atoms with Crippen LogP contribution < -0.4 is 10.6 Å². The molecule has 0 aromatic rings. The van der Waals surface area contributed by atoms with Crippen molar-refractivity contribution in [2.45, 2.75) is 325 Å². The Morgan fingerprint density at radius 1 is 0.541 bits per heavy atom. The molecule has 2 fully saturated rings. The van der Waals surface area contributed by atoms with Crippen LogP contribution in [-0.4, -0.2) is 163 Å². The molecule has 2 aliphatic rings. The quantitative estimate of drug-likeness (QED) is 0.0277. The molecule has 0 aromatic heterocycles. The fourth-order valence-corrected chi connectivity index (χ4v) is 10.3. The van der Waals surface area contributed by atoms with Gasteiger partial charge in [0.05, 0.1) is 32.0 Å². The van der Waals surface area contributed by atoms with Crippen LogP contribution in [0.25, 0.3) is 0 Å². The minimum absolute atomic E-state index is 0.202. The summed E-state index contributed by atoms with van der Waals surface area (Å²) < 4.78 is 23.2. The molecule has 0 radical (unpaired) electrons. The van der Waals surface area contributed by atoms with Gasteiger partial charge >= 0.3 is 0 Å². The van der Waals surface area contributed by atoms with Gasteiger partial charge in [0.15, 0.2) is 12.6 Å². The number of aliphatic hydroxyl groups excluding tert-OH is 9. The monoisotopic (exact) mass is 1060 g/mol. The SMILES string of the molecule is CCCCCCCCCCCCCCCCCCCCC[C@@H](O)C(=O)N[C@@H](CO[C@H]1O[C@H](CO)[C@H](O[C@H]2O[C@H](CO)[C@@H](O)[C@H](O)[C@H]2NC(C)=O)[C@H](O)[C@H]1O)[C@H](O)[C@H](O)CCCCCCCCCCCCC(C)CC. The summed E-state index contributed by atoms with van der Waals surface area (Å²) in [7, 11) is 0. The third-order valence-corrected chi connectivity index (χ3v) is 15.5. The molecule has 2 aliphatic heterocycles. The van der Waals surface area contributed by atoms with Gasteiger partial charge in [-0.25, -0.2) is 0 Å². The van der Waals surface area contributed by atoms with Crippen molar-refractivity contribution in [3.8, 4) is 0 Å². The average molecular weight is 1060 g/mol. The van der Waals surface area contributed by atoms with Gasteiger partial charge in [0.2, 0.25) is 11.8 Å². The van der Waals surface area contributed by atoms with Crippen LogP contribution in [0.3, 0.4) is 0 Å². The maximum absolute atomic E-state index is 13.4. The normalized spacial score (nSPS) is 26.3. The van der Waals surface area contributed by atoms with E-state index in [0.717, 1.165) is 57.8 Å². The van der Waals surface area contributed by atoms with E-state index in [4.69, 9.17) is 18.9 Å². The van der Waals surface area contributed by atoms with Crippen LogP contribution >= 0.6 is 0 Å². The maximum atomic E-state index is 13.4. The van der Waals surface area contributed by atoms with Crippen molar-refractivity contribution in [3.05, 3.63) is 0 Å². The number of hydrogen-bond donors (Lipinski definition) is 11. The van der Waals surface area contributed by atoms with Crippen molar-refractivity contribution in [3.63, 3.8) is 0 Å². The predicted octanol–water partition coefficient (Wildman–Crippen LogP) is 6.89. The number of rotatable bonds is 46. The number of amides is 2. The maximum Gasteiger partial charge on any atom is 0.249 e. The molecular formula is C57H110N2O15. The van der Waals surface area contributed by atoms with Gasteiger partial charge in [-0.3, -0.25) is 9.59 Å². The van der Waals surface area contributed by atoms with Crippen molar-refractivity contribution in [1.82, 2.24) is 10.6 Å². The lowest BCUT2D eigenvalue weighted by Gasteiger charge is -2.47. The molecule has 2 rings (SSSR count). The number of unbranched alkanes of at least 4 members (excludes halogenated alkanes) is 27. The summed E-state index contributed by atoms with van der Waals surface area (Å²) in [6.07, 6.45) is 18.7. The first-order valence-corrected chi connectivity index (χ1v) is 29.8. The zero-order valence-electron chi connectivity index (χ0n) is 46.6. The minimum atomic E-state index is -1.86. The van der Waals surface area contributed by atoms with E-state index in [1.165, 1.54) is 141 Å². The van der Waals surface area contributed by atoms with Crippen LogP contribution in [0.4, 0.5) is 0 Å². The molecule has 17 heteroatoms. The summed E-state index contributed by atoms with van der Waals surface area (Å²) in [4.78, 5) is 25.4. The largest absolute Gasteiger partial charge is 0.394 e. The zero-order valence-corrected chi connectivity index (χ0v) is 46.6. The Bertz CT molecular complexity index is 1370. The molecule has 1 unspecified atom stereocenters. The molecule has 74 heavy (non-hydrogen) atoms. The van der Waals surface area contributed by atoms with Crippen LogP contribution in [0, 0.1) is 5.92 Å². The van der Waals surface area contributed by atoms with Gasteiger partial charge in [0.1, 0.15) is 61.0 Å². The zero-order chi connectivity index (χ0) is 54.5. The molecule has 0 aromatic carbocycles. The first-order chi connectivity index (χ1) is 35.7. The minimum Gasteiger partial charge on any atom is -0.394 e. The standard InChI is InChI=1S/C57H110N2O15/c1-5-7-8-9-10-11-12-13-14-15-16-17-18-19-20-25-28-31-34-37-45(64)55(70)59-43(49(65)44(63)36-33-30-27-24-22-21-23-26-29-32-35-41(3)6-2)40-71-57-53(69)52(68)54(47(39-61)73-57)74-56-48(58-42(4)62)51(67)50(66)46(38-60)72-56/h41,43-54,56-57,60-61,63-69H,5-40H2,1-4H3,(H,58,62)(H,59,70)/t41?,43-,44+,45+,46+,47+,48+,49-,50+,51+,52+,53+,54-,56+,57-/m0/s1. The van der Waals surface area contributed by atoms with E-state index < -0.39 is 117 Å². The lowest BCUT2D eigenvalue weighted by atomic mass is 9.95. The molecule has 17 nitrogen and oxygen atoms in total. The van der Waals surface area contributed by atoms with E-state index in [1.807, 2.05) is 0 Å². The lowest BCUT2D eigenvalue weighted by Crippen LogP contribution is -2.67. The van der Waals surface area contributed by atoms with Gasteiger partial charge in [-0.2, -0.15) is 0 Å². The number of aliphatic hydroxyl groups is 9. The number of carbonyl (C=O) groups excluding carboxylic acids is 2. The van der Waals surface area contributed by atoms with E-state index in [2.05, 4.69) is 31.4 Å². The number of carbonyl (C=O) groups is 2. The molecule has 0 spiro atoms. The van der Waals surface area contributed by atoms with Crippen molar-refractivity contribution >= 4 is 11.8 Å². The average Bonchev–Trinajstić information content (AvgIpc) is 3.39. The summed E-state index contributed by atoms with van der Waals surface area (Å²) in [5, 5.41) is 102.